The molecule has 2 fully saturated rings. The van der Waals surface area contributed by atoms with Crippen molar-refractivity contribution in [1.29, 1.82) is 0 Å². The highest BCUT2D eigenvalue weighted by Gasteiger charge is 2.35. The molecule has 0 spiro atoms. The van der Waals surface area contributed by atoms with Crippen molar-refractivity contribution >= 4 is 30.1 Å². The standard InChI is InChI=1S/C26H36N4O6/c1-16(2)22(30-26(35)36-15-18-6-4-3-5-7-18)25(34)29-21(12-17-8-9-17)24(33)28-20(14-31)13-19-10-11-27-23(19)32/h3-7,14,16-17,19-22H,8-13,15H2,1-2H3,(H,27,32)(H,28,33)(H,29,34)(H,30,35)/t19-,20-,21-,22-/m0/s1. The molecular formula is C26H36N4O6. The molecule has 4 N–H and O–H groups in total. The molecule has 1 aromatic carbocycles. The van der Waals surface area contributed by atoms with E-state index in [2.05, 4.69) is 21.3 Å². The largest absolute Gasteiger partial charge is 0.445 e. The molecule has 4 atom stereocenters. The Bertz CT molecular complexity index is 934. The van der Waals surface area contributed by atoms with Crippen molar-refractivity contribution in [2.24, 2.45) is 17.8 Å². The number of hydrogen-bond acceptors (Lipinski definition) is 6. The Labute approximate surface area is 211 Å². The second-order valence-corrected chi connectivity index (χ2v) is 9.93. The van der Waals surface area contributed by atoms with Crippen molar-refractivity contribution in [2.45, 2.75) is 70.7 Å². The van der Waals surface area contributed by atoms with Gasteiger partial charge in [0.15, 0.2) is 0 Å². The molecule has 0 bridgehead atoms. The molecule has 10 heteroatoms. The van der Waals surface area contributed by atoms with Crippen LogP contribution in [-0.2, 0) is 30.5 Å². The molecule has 0 aromatic heterocycles. The Morgan fingerprint density at radius 3 is 2.33 bits per heavy atom. The molecule has 1 saturated carbocycles. The highest BCUT2D eigenvalue weighted by atomic mass is 16.5. The highest BCUT2D eigenvalue weighted by Crippen LogP contribution is 2.33. The van der Waals surface area contributed by atoms with Gasteiger partial charge in [0.1, 0.15) is 25.0 Å². The summed E-state index contributed by atoms with van der Waals surface area (Å²) in [6, 6.07) is 6.60. The highest BCUT2D eigenvalue weighted by molar-refractivity contribution is 5.92. The maximum Gasteiger partial charge on any atom is 0.408 e. The summed E-state index contributed by atoms with van der Waals surface area (Å²) in [5.41, 5.74) is 0.819. The van der Waals surface area contributed by atoms with E-state index in [9.17, 15) is 24.0 Å². The first kappa shape index (κ1) is 27.2. The minimum absolute atomic E-state index is 0.0674. The number of carbonyl (C=O) groups excluding carboxylic acids is 5. The Hall–Kier alpha value is -3.43. The van der Waals surface area contributed by atoms with E-state index >= 15 is 0 Å². The predicted octanol–water partition coefficient (Wildman–Crippen LogP) is 1.43. The lowest BCUT2D eigenvalue weighted by Crippen LogP contribution is -2.56. The molecular weight excluding hydrogens is 464 g/mol. The monoisotopic (exact) mass is 500 g/mol. The predicted molar refractivity (Wildman–Crippen MR) is 131 cm³/mol. The molecule has 1 aliphatic heterocycles. The number of benzene rings is 1. The van der Waals surface area contributed by atoms with E-state index in [1.807, 2.05) is 30.3 Å². The summed E-state index contributed by atoms with van der Waals surface area (Å²) in [7, 11) is 0. The summed E-state index contributed by atoms with van der Waals surface area (Å²) in [6.07, 6.45) is 3.11. The zero-order valence-corrected chi connectivity index (χ0v) is 20.8. The molecule has 1 aromatic rings. The third kappa shape index (κ3) is 8.35. The maximum atomic E-state index is 13.1. The minimum Gasteiger partial charge on any atom is -0.445 e. The van der Waals surface area contributed by atoms with Gasteiger partial charge in [-0.25, -0.2) is 4.79 Å². The number of aldehydes is 1. The van der Waals surface area contributed by atoms with Gasteiger partial charge in [-0.3, -0.25) is 14.4 Å². The summed E-state index contributed by atoms with van der Waals surface area (Å²) in [5, 5.41) is 10.8. The van der Waals surface area contributed by atoms with Gasteiger partial charge in [-0.15, -0.1) is 0 Å². The Morgan fingerprint density at radius 2 is 1.75 bits per heavy atom. The SMILES string of the molecule is CC(C)[C@H](NC(=O)OCc1ccccc1)C(=O)N[C@@H](CC1CC1)C(=O)N[C@H](C=O)C[C@@H]1CCNC1=O. The maximum absolute atomic E-state index is 13.1. The van der Waals surface area contributed by atoms with Crippen LogP contribution >= 0.6 is 0 Å². The lowest BCUT2D eigenvalue weighted by molar-refractivity contribution is -0.132. The van der Waals surface area contributed by atoms with Gasteiger partial charge in [0.25, 0.3) is 0 Å². The molecule has 1 aliphatic carbocycles. The molecule has 3 rings (SSSR count). The van der Waals surface area contributed by atoms with Crippen molar-refractivity contribution in [2.75, 3.05) is 6.54 Å². The third-order valence-corrected chi connectivity index (χ3v) is 6.53. The number of carbonyl (C=O) groups is 5. The van der Waals surface area contributed by atoms with Crippen LogP contribution in [0, 0.1) is 17.8 Å². The number of ether oxygens (including phenoxy) is 1. The number of alkyl carbamates (subject to hydrolysis) is 1. The minimum atomic E-state index is -0.910. The summed E-state index contributed by atoms with van der Waals surface area (Å²) >= 11 is 0. The molecule has 4 amide bonds. The van der Waals surface area contributed by atoms with Crippen molar-refractivity contribution in [3.8, 4) is 0 Å². The van der Waals surface area contributed by atoms with Crippen LogP contribution in [-0.4, -0.2) is 54.8 Å². The van der Waals surface area contributed by atoms with Gasteiger partial charge in [-0.1, -0.05) is 57.0 Å². The fourth-order valence-corrected chi connectivity index (χ4v) is 4.21. The molecule has 2 aliphatic rings. The van der Waals surface area contributed by atoms with Crippen molar-refractivity contribution in [3.05, 3.63) is 35.9 Å². The smallest absolute Gasteiger partial charge is 0.408 e. The first-order valence-corrected chi connectivity index (χ1v) is 12.6. The quantitative estimate of drug-likeness (QED) is 0.302. The number of amides is 4. The Balaban J connectivity index is 1.57. The number of hydrogen-bond donors (Lipinski definition) is 4. The van der Waals surface area contributed by atoms with Crippen LogP contribution in [0.25, 0.3) is 0 Å². The van der Waals surface area contributed by atoms with E-state index in [-0.39, 0.29) is 30.8 Å². The Kier molecular flexibility index (Phi) is 9.84. The molecule has 1 saturated heterocycles. The van der Waals surface area contributed by atoms with Gasteiger partial charge < -0.3 is 30.8 Å². The van der Waals surface area contributed by atoms with E-state index in [1.165, 1.54) is 0 Å². The number of nitrogens with one attached hydrogen (secondary N) is 4. The molecule has 0 radical (unpaired) electrons. The summed E-state index contributed by atoms with van der Waals surface area (Å²) in [5.74, 6) is -1.36. The normalized spacial score (nSPS) is 19.5. The first-order valence-electron chi connectivity index (χ1n) is 12.6. The van der Waals surface area contributed by atoms with Crippen LogP contribution < -0.4 is 21.3 Å². The number of rotatable bonds is 13. The van der Waals surface area contributed by atoms with Gasteiger partial charge in [0.2, 0.25) is 17.7 Å². The van der Waals surface area contributed by atoms with Gasteiger partial charge in [-0.2, -0.15) is 0 Å². The van der Waals surface area contributed by atoms with Crippen LogP contribution in [0.3, 0.4) is 0 Å². The molecule has 1 heterocycles. The second-order valence-electron chi connectivity index (χ2n) is 9.93. The van der Waals surface area contributed by atoms with Crippen molar-refractivity contribution < 1.29 is 28.7 Å². The summed E-state index contributed by atoms with van der Waals surface area (Å²) in [4.78, 5) is 62.0. The van der Waals surface area contributed by atoms with E-state index in [0.29, 0.717) is 31.6 Å². The average Bonchev–Trinajstić information content (AvgIpc) is 3.59. The zero-order valence-electron chi connectivity index (χ0n) is 20.8. The van der Waals surface area contributed by atoms with Gasteiger partial charge >= 0.3 is 6.09 Å². The molecule has 0 unspecified atom stereocenters. The van der Waals surface area contributed by atoms with Crippen LogP contribution in [0.15, 0.2) is 30.3 Å². The van der Waals surface area contributed by atoms with Crippen molar-refractivity contribution in [3.63, 3.8) is 0 Å². The molecule has 10 nitrogen and oxygen atoms in total. The van der Waals surface area contributed by atoms with E-state index in [0.717, 1.165) is 18.4 Å². The summed E-state index contributed by atoms with van der Waals surface area (Å²) in [6.45, 7) is 4.19. The second kappa shape index (κ2) is 13.0. The lowest BCUT2D eigenvalue weighted by Gasteiger charge is -2.26. The van der Waals surface area contributed by atoms with E-state index < -0.39 is 36.0 Å². The molecule has 196 valence electrons. The van der Waals surface area contributed by atoms with Gasteiger partial charge in [0, 0.05) is 12.5 Å². The fourth-order valence-electron chi connectivity index (χ4n) is 4.21. The van der Waals surface area contributed by atoms with Crippen LogP contribution in [0.2, 0.25) is 0 Å². The topological polar surface area (TPSA) is 143 Å². The fraction of sp³-hybridized carbons (Fsp3) is 0.577. The van der Waals surface area contributed by atoms with Crippen LogP contribution in [0.4, 0.5) is 4.79 Å². The average molecular weight is 501 g/mol. The van der Waals surface area contributed by atoms with Crippen LogP contribution in [0.5, 0.6) is 0 Å². The molecule has 36 heavy (non-hydrogen) atoms. The van der Waals surface area contributed by atoms with Crippen molar-refractivity contribution in [1.82, 2.24) is 21.3 Å². The third-order valence-electron chi connectivity index (χ3n) is 6.53. The summed E-state index contributed by atoms with van der Waals surface area (Å²) < 4.78 is 5.24. The lowest BCUT2D eigenvalue weighted by atomic mass is 9.98. The van der Waals surface area contributed by atoms with E-state index in [4.69, 9.17) is 4.74 Å². The van der Waals surface area contributed by atoms with Gasteiger partial charge in [-0.05, 0) is 36.7 Å². The van der Waals surface area contributed by atoms with Crippen LogP contribution in [0.1, 0.15) is 51.5 Å². The Morgan fingerprint density at radius 1 is 1.03 bits per heavy atom. The van der Waals surface area contributed by atoms with Gasteiger partial charge in [0.05, 0.1) is 6.04 Å². The zero-order chi connectivity index (χ0) is 26.1. The first-order chi connectivity index (χ1) is 17.3. The van der Waals surface area contributed by atoms with E-state index in [1.54, 1.807) is 13.8 Å².